The summed E-state index contributed by atoms with van der Waals surface area (Å²) in [6.45, 7) is 8.86. The molecule has 0 saturated carbocycles. The van der Waals surface area contributed by atoms with E-state index in [-0.39, 0.29) is 11.5 Å². The monoisotopic (exact) mass is 240 g/mol. The van der Waals surface area contributed by atoms with E-state index in [0.717, 1.165) is 26.1 Å². The maximum atomic E-state index is 11.8. The van der Waals surface area contributed by atoms with Gasteiger partial charge >= 0.3 is 5.97 Å². The number of ether oxygens (including phenoxy) is 1. The molecule has 2 rings (SSSR count). The first-order chi connectivity index (χ1) is 8.20. The molecule has 3 unspecified atom stereocenters. The first-order valence-electron chi connectivity index (χ1n) is 6.83. The summed E-state index contributed by atoms with van der Waals surface area (Å²) in [6, 6.07) is 0. The van der Waals surface area contributed by atoms with Gasteiger partial charge in [-0.05, 0) is 45.3 Å². The summed E-state index contributed by atoms with van der Waals surface area (Å²) >= 11 is 0. The average molecular weight is 240 g/mol. The summed E-state index contributed by atoms with van der Waals surface area (Å²) < 4.78 is 5.13. The van der Waals surface area contributed by atoms with E-state index in [0.29, 0.717) is 18.9 Å². The quantitative estimate of drug-likeness (QED) is 0.728. The van der Waals surface area contributed by atoms with Crippen LogP contribution in [0.15, 0.2) is 0 Å². The van der Waals surface area contributed by atoms with Crippen LogP contribution >= 0.6 is 0 Å². The minimum atomic E-state index is -0.0474. The molecule has 4 nitrogen and oxygen atoms in total. The number of carbonyl (C=O) groups is 1. The van der Waals surface area contributed by atoms with Gasteiger partial charge < -0.3 is 15.0 Å². The van der Waals surface area contributed by atoms with Crippen molar-refractivity contribution in [1.82, 2.24) is 10.2 Å². The molecule has 2 bridgehead atoms. The Morgan fingerprint density at radius 2 is 2.29 bits per heavy atom. The van der Waals surface area contributed by atoms with E-state index in [2.05, 4.69) is 17.1 Å². The third kappa shape index (κ3) is 2.63. The maximum absolute atomic E-state index is 11.8. The molecule has 3 atom stereocenters. The average Bonchev–Trinajstić information content (AvgIpc) is 2.70. The molecule has 0 aromatic carbocycles. The van der Waals surface area contributed by atoms with Crippen LogP contribution in [0.4, 0.5) is 0 Å². The lowest BCUT2D eigenvalue weighted by atomic mass is 9.76. The minimum absolute atomic E-state index is 0.00595. The van der Waals surface area contributed by atoms with Crippen LogP contribution in [0.2, 0.25) is 0 Å². The van der Waals surface area contributed by atoms with Crippen LogP contribution in [0.1, 0.15) is 33.1 Å². The number of fused-ring (bicyclic) bond motifs is 2. The van der Waals surface area contributed by atoms with Gasteiger partial charge in [0.15, 0.2) is 0 Å². The van der Waals surface area contributed by atoms with Crippen LogP contribution in [-0.4, -0.2) is 49.2 Å². The van der Waals surface area contributed by atoms with Crippen molar-refractivity contribution in [3.63, 3.8) is 0 Å². The highest BCUT2D eigenvalue weighted by Crippen LogP contribution is 2.38. The molecular formula is C13H24N2O2. The molecule has 0 aromatic rings. The fourth-order valence-electron chi connectivity index (χ4n) is 3.40. The molecule has 17 heavy (non-hydrogen) atoms. The number of esters is 1. The Morgan fingerprint density at radius 3 is 3.00 bits per heavy atom. The van der Waals surface area contributed by atoms with Gasteiger partial charge in [0.2, 0.25) is 0 Å². The third-order valence-corrected chi connectivity index (χ3v) is 4.22. The van der Waals surface area contributed by atoms with Crippen molar-refractivity contribution >= 4 is 5.97 Å². The number of rotatable bonds is 5. The van der Waals surface area contributed by atoms with Gasteiger partial charge in [0.1, 0.15) is 0 Å². The molecule has 2 saturated heterocycles. The topological polar surface area (TPSA) is 41.6 Å². The van der Waals surface area contributed by atoms with Crippen molar-refractivity contribution in [2.75, 3.05) is 32.8 Å². The predicted molar refractivity (Wildman–Crippen MR) is 66.8 cm³/mol. The van der Waals surface area contributed by atoms with Crippen molar-refractivity contribution in [3.05, 3.63) is 0 Å². The SMILES string of the molecule is CCNC1(CC(=O)OCC)CCN2CCC1C2. The van der Waals surface area contributed by atoms with Gasteiger partial charge in [0, 0.05) is 12.1 Å². The van der Waals surface area contributed by atoms with Crippen LogP contribution in [0, 0.1) is 5.92 Å². The Labute approximate surface area is 104 Å². The van der Waals surface area contributed by atoms with Crippen molar-refractivity contribution in [2.24, 2.45) is 5.92 Å². The van der Waals surface area contributed by atoms with E-state index in [1.54, 1.807) is 0 Å². The molecule has 0 aliphatic carbocycles. The van der Waals surface area contributed by atoms with Crippen LogP contribution in [0.25, 0.3) is 0 Å². The first-order valence-corrected chi connectivity index (χ1v) is 6.83. The lowest BCUT2D eigenvalue weighted by Gasteiger charge is -2.43. The largest absolute Gasteiger partial charge is 0.466 e. The number of nitrogens with one attached hydrogen (secondary N) is 1. The Balaban J connectivity index is 2.05. The van der Waals surface area contributed by atoms with Crippen molar-refractivity contribution in [3.8, 4) is 0 Å². The number of hydrogen-bond donors (Lipinski definition) is 1. The summed E-state index contributed by atoms with van der Waals surface area (Å²) in [6.07, 6.45) is 2.82. The first kappa shape index (κ1) is 12.8. The zero-order valence-electron chi connectivity index (χ0n) is 11.0. The second-order valence-electron chi connectivity index (χ2n) is 5.20. The van der Waals surface area contributed by atoms with E-state index in [1.165, 1.54) is 13.0 Å². The highest BCUT2D eigenvalue weighted by Gasteiger charge is 2.46. The minimum Gasteiger partial charge on any atom is -0.466 e. The van der Waals surface area contributed by atoms with Crippen LogP contribution in [0.3, 0.4) is 0 Å². The Morgan fingerprint density at radius 1 is 1.47 bits per heavy atom. The van der Waals surface area contributed by atoms with Gasteiger partial charge in [-0.15, -0.1) is 0 Å². The summed E-state index contributed by atoms with van der Waals surface area (Å²) in [7, 11) is 0. The zero-order chi connectivity index (χ0) is 12.3. The van der Waals surface area contributed by atoms with E-state index in [1.807, 2.05) is 6.92 Å². The van der Waals surface area contributed by atoms with Gasteiger partial charge in [0.05, 0.1) is 13.0 Å². The molecule has 1 N–H and O–H groups in total. The molecule has 98 valence electrons. The maximum Gasteiger partial charge on any atom is 0.307 e. The van der Waals surface area contributed by atoms with Gasteiger partial charge in [0.25, 0.3) is 0 Å². The lowest BCUT2D eigenvalue weighted by molar-refractivity contribution is -0.146. The number of carbonyl (C=O) groups excluding carboxylic acids is 1. The van der Waals surface area contributed by atoms with Crippen LogP contribution < -0.4 is 5.32 Å². The van der Waals surface area contributed by atoms with Crippen LogP contribution in [0.5, 0.6) is 0 Å². The zero-order valence-corrected chi connectivity index (χ0v) is 11.0. The Kier molecular flexibility index (Phi) is 4.05. The van der Waals surface area contributed by atoms with Crippen molar-refractivity contribution in [2.45, 2.75) is 38.6 Å². The summed E-state index contributed by atoms with van der Waals surface area (Å²) in [5.41, 5.74) is -0.00595. The molecule has 2 fully saturated rings. The van der Waals surface area contributed by atoms with Crippen LogP contribution in [-0.2, 0) is 9.53 Å². The number of nitrogens with zero attached hydrogens (tertiary/aromatic N) is 1. The summed E-state index contributed by atoms with van der Waals surface area (Å²) in [4.78, 5) is 14.3. The summed E-state index contributed by atoms with van der Waals surface area (Å²) in [5, 5.41) is 3.59. The van der Waals surface area contributed by atoms with Gasteiger partial charge in [-0.2, -0.15) is 0 Å². The normalized spacial score (nSPS) is 35.9. The third-order valence-electron chi connectivity index (χ3n) is 4.22. The molecule has 2 aliphatic heterocycles. The van der Waals surface area contributed by atoms with E-state index in [4.69, 9.17) is 4.74 Å². The molecule has 0 radical (unpaired) electrons. The molecule has 2 aliphatic rings. The lowest BCUT2D eigenvalue weighted by Crippen LogP contribution is -2.57. The molecule has 0 spiro atoms. The number of piperidine rings is 1. The Bertz CT molecular complexity index is 283. The van der Waals surface area contributed by atoms with E-state index < -0.39 is 0 Å². The standard InChI is InChI=1S/C13H24N2O2/c1-3-14-13(9-12(16)17-4-2)6-8-15-7-5-11(13)10-15/h11,14H,3-10H2,1-2H3. The summed E-state index contributed by atoms with van der Waals surface area (Å²) in [5.74, 6) is 0.564. The molecule has 4 heteroatoms. The van der Waals surface area contributed by atoms with Gasteiger partial charge in [-0.3, -0.25) is 4.79 Å². The van der Waals surface area contributed by atoms with Gasteiger partial charge in [-0.25, -0.2) is 0 Å². The molecule has 0 amide bonds. The van der Waals surface area contributed by atoms with E-state index in [9.17, 15) is 4.79 Å². The number of hydrogen-bond acceptors (Lipinski definition) is 4. The Hall–Kier alpha value is -0.610. The molecule has 0 aromatic heterocycles. The van der Waals surface area contributed by atoms with Crippen molar-refractivity contribution in [1.29, 1.82) is 0 Å². The second kappa shape index (κ2) is 5.36. The predicted octanol–water partition coefficient (Wildman–Crippen LogP) is 1.01. The van der Waals surface area contributed by atoms with E-state index >= 15 is 0 Å². The highest BCUT2D eigenvalue weighted by atomic mass is 16.5. The second-order valence-corrected chi connectivity index (χ2v) is 5.20. The molecule has 2 heterocycles. The fourth-order valence-corrected chi connectivity index (χ4v) is 3.40. The fraction of sp³-hybridized carbons (Fsp3) is 0.923. The smallest absolute Gasteiger partial charge is 0.307 e. The highest BCUT2D eigenvalue weighted by molar-refractivity contribution is 5.71. The van der Waals surface area contributed by atoms with Crippen molar-refractivity contribution < 1.29 is 9.53 Å². The molecular weight excluding hydrogens is 216 g/mol. The van der Waals surface area contributed by atoms with Gasteiger partial charge in [-0.1, -0.05) is 6.92 Å².